The van der Waals surface area contributed by atoms with Crippen molar-refractivity contribution in [2.45, 2.75) is 17.7 Å². The van der Waals surface area contributed by atoms with Crippen LogP contribution in [0.3, 0.4) is 0 Å². The monoisotopic (exact) mass is 455 g/mol. The molecule has 0 amide bonds. The zero-order chi connectivity index (χ0) is 22.0. The first kappa shape index (κ1) is 21.2. The second-order valence-electron chi connectivity index (χ2n) is 7.10. The van der Waals surface area contributed by atoms with E-state index in [2.05, 4.69) is 9.50 Å². The molecule has 0 bridgehead atoms. The number of nitrogens with zero attached hydrogens (tertiary/aromatic N) is 3. The van der Waals surface area contributed by atoms with Crippen molar-refractivity contribution in [3.63, 3.8) is 0 Å². The quantitative estimate of drug-likeness (QED) is 0.406. The maximum atomic E-state index is 13.2. The summed E-state index contributed by atoms with van der Waals surface area (Å²) in [7, 11) is -3.99. The highest BCUT2D eigenvalue weighted by Crippen LogP contribution is 2.30. The van der Waals surface area contributed by atoms with E-state index in [1.807, 2.05) is 42.5 Å². The fraction of sp³-hybridized carbons (Fsp3) is 0.130. The van der Waals surface area contributed by atoms with E-state index >= 15 is 0 Å². The van der Waals surface area contributed by atoms with Crippen LogP contribution in [-0.2, 0) is 10.0 Å². The number of halogens is 2. The fourth-order valence-corrected chi connectivity index (χ4v) is 4.57. The Morgan fingerprint density at radius 1 is 1.03 bits per heavy atom. The normalized spacial score (nSPS) is 17.0. The molecule has 3 aromatic rings. The maximum absolute atomic E-state index is 13.2. The number of hydrazone groups is 1. The first-order valence-corrected chi connectivity index (χ1v) is 11.4. The molecule has 8 heteroatoms. The smallest absolute Gasteiger partial charge is 0.250 e. The van der Waals surface area contributed by atoms with Crippen molar-refractivity contribution in [1.82, 2.24) is 5.01 Å². The summed E-state index contributed by atoms with van der Waals surface area (Å²) in [4.78, 5) is -0.0750. The molecule has 0 radical (unpaired) electrons. The second-order valence-corrected chi connectivity index (χ2v) is 9.15. The van der Waals surface area contributed by atoms with Gasteiger partial charge in [0.05, 0.1) is 17.2 Å². The minimum atomic E-state index is -3.99. The molecule has 0 aliphatic carbocycles. The van der Waals surface area contributed by atoms with Gasteiger partial charge in [-0.05, 0) is 54.4 Å². The Bertz CT molecular complexity index is 1240. The molecular formula is C23H19ClFN3O2S. The molecule has 0 saturated carbocycles. The van der Waals surface area contributed by atoms with Gasteiger partial charge in [-0.1, -0.05) is 54.1 Å². The predicted octanol–water partition coefficient (Wildman–Crippen LogP) is 5.09. The third-order valence-electron chi connectivity index (χ3n) is 4.99. The molecule has 0 aromatic heterocycles. The first-order chi connectivity index (χ1) is 14.8. The van der Waals surface area contributed by atoms with E-state index < -0.39 is 15.8 Å². The van der Waals surface area contributed by atoms with E-state index in [1.54, 1.807) is 24.1 Å². The largest absolute Gasteiger partial charge is 0.283 e. The van der Waals surface area contributed by atoms with Crippen molar-refractivity contribution >= 4 is 33.2 Å². The van der Waals surface area contributed by atoms with Crippen LogP contribution < -0.4 is 0 Å². The Morgan fingerprint density at radius 3 is 2.32 bits per heavy atom. The Balaban J connectivity index is 1.70. The van der Waals surface area contributed by atoms with E-state index in [4.69, 9.17) is 11.6 Å². The van der Waals surface area contributed by atoms with Gasteiger partial charge < -0.3 is 0 Å². The average Bonchev–Trinajstić information content (AvgIpc) is 3.21. The summed E-state index contributed by atoms with van der Waals surface area (Å²) < 4.78 is 42.4. The third kappa shape index (κ3) is 4.68. The van der Waals surface area contributed by atoms with Crippen molar-refractivity contribution in [3.8, 4) is 0 Å². The molecule has 0 spiro atoms. The standard InChI is InChI=1S/C23H19ClFN3O2S/c1-16(27-31(29,30)21-13-11-20(25)12-14-21)28-15-22(17-5-3-2-4-6-17)23(26-28)18-7-9-19(24)10-8-18/h2-14,22H,15H2,1H3/b27-16+. The van der Waals surface area contributed by atoms with Crippen LogP contribution in [0.25, 0.3) is 0 Å². The van der Waals surface area contributed by atoms with Crippen LogP contribution in [0.1, 0.15) is 24.0 Å². The first-order valence-electron chi connectivity index (χ1n) is 9.57. The van der Waals surface area contributed by atoms with Gasteiger partial charge in [-0.2, -0.15) is 13.5 Å². The molecule has 1 aliphatic rings. The number of rotatable bonds is 4. The number of sulfonamides is 1. The van der Waals surface area contributed by atoms with Crippen LogP contribution in [0.2, 0.25) is 5.02 Å². The zero-order valence-electron chi connectivity index (χ0n) is 16.6. The average molecular weight is 456 g/mol. The number of benzene rings is 3. The molecule has 1 atom stereocenters. The molecule has 0 N–H and O–H groups in total. The predicted molar refractivity (Wildman–Crippen MR) is 121 cm³/mol. The molecule has 0 saturated heterocycles. The van der Waals surface area contributed by atoms with Crippen molar-refractivity contribution in [2.24, 2.45) is 9.50 Å². The van der Waals surface area contributed by atoms with Gasteiger partial charge in [0.2, 0.25) is 0 Å². The van der Waals surface area contributed by atoms with Crippen molar-refractivity contribution in [3.05, 3.63) is 101 Å². The Labute approximate surface area is 185 Å². The number of hydrogen-bond donors (Lipinski definition) is 0. The Hall–Kier alpha value is -3.03. The lowest BCUT2D eigenvalue weighted by molar-refractivity contribution is 0.472. The minimum absolute atomic E-state index is 0.0685. The lowest BCUT2D eigenvalue weighted by Gasteiger charge is -2.16. The van der Waals surface area contributed by atoms with Gasteiger partial charge in [-0.3, -0.25) is 0 Å². The van der Waals surface area contributed by atoms with Crippen LogP contribution in [0, 0.1) is 5.82 Å². The van der Waals surface area contributed by atoms with Crippen LogP contribution in [0.5, 0.6) is 0 Å². The second kappa shape index (κ2) is 8.61. The van der Waals surface area contributed by atoms with Gasteiger partial charge in [-0.25, -0.2) is 9.40 Å². The summed E-state index contributed by atoms with van der Waals surface area (Å²) in [6.07, 6.45) is 0. The summed E-state index contributed by atoms with van der Waals surface area (Å²) >= 11 is 6.03. The van der Waals surface area contributed by atoms with Crippen molar-refractivity contribution < 1.29 is 12.8 Å². The molecule has 1 aliphatic heterocycles. The topological polar surface area (TPSA) is 62.1 Å². The number of hydrogen-bond acceptors (Lipinski definition) is 3. The molecule has 3 aromatic carbocycles. The highest BCUT2D eigenvalue weighted by atomic mass is 35.5. The summed E-state index contributed by atoms with van der Waals surface area (Å²) in [5, 5.41) is 6.90. The summed E-state index contributed by atoms with van der Waals surface area (Å²) in [6.45, 7) is 2.04. The van der Waals surface area contributed by atoms with Crippen LogP contribution in [0.15, 0.2) is 93.3 Å². The van der Waals surface area contributed by atoms with Gasteiger partial charge in [0.15, 0.2) is 0 Å². The third-order valence-corrected chi connectivity index (χ3v) is 6.62. The molecule has 158 valence electrons. The lowest BCUT2D eigenvalue weighted by Crippen LogP contribution is -2.24. The highest BCUT2D eigenvalue weighted by Gasteiger charge is 2.31. The molecule has 5 nitrogen and oxygen atoms in total. The molecule has 31 heavy (non-hydrogen) atoms. The summed E-state index contributed by atoms with van der Waals surface area (Å²) in [5.74, 6) is -0.350. The molecule has 1 heterocycles. The molecular weight excluding hydrogens is 437 g/mol. The number of amidine groups is 1. The van der Waals surface area contributed by atoms with Gasteiger partial charge in [-0.15, -0.1) is 4.40 Å². The van der Waals surface area contributed by atoms with E-state index in [-0.39, 0.29) is 16.6 Å². The maximum Gasteiger partial charge on any atom is 0.283 e. The van der Waals surface area contributed by atoms with Crippen LogP contribution in [0.4, 0.5) is 4.39 Å². The minimum Gasteiger partial charge on any atom is -0.250 e. The zero-order valence-corrected chi connectivity index (χ0v) is 18.2. The van der Waals surface area contributed by atoms with Crippen molar-refractivity contribution in [2.75, 3.05) is 6.54 Å². The summed E-state index contributed by atoms with van der Waals surface area (Å²) in [5.41, 5.74) is 2.76. The van der Waals surface area contributed by atoms with Crippen molar-refractivity contribution in [1.29, 1.82) is 0 Å². The summed E-state index contributed by atoms with van der Waals surface area (Å²) in [6, 6.07) is 21.8. The van der Waals surface area contributed by atoms with Gasteiger partial charge in [0.1, 0.15) is 11.7 Å². The van der Waals surface area contributed by atoms with Crippen LogP contribution >= 0.6 is 11.6 Å². The molecule has 4 rings (SSSR count). The fourth-order valence-electron chi connectivity index (χ4n) is 3.41. The van der Waals surface area contributed by atoms with E-state index in [1.165, 1.54) is 12.1 Å². The Morgan fingerprint density at radius 2 is 1.68 bits per heavy atom. The molecule has 1 unspecified atom stereocenters. The van der Waals surface area contributed by atoms with E-state index in [9.17, 15) is 12.8 Å². The Kier molecular flexibility index (Phi) is 5.89. The van der Waals surface area contributed by atoms with Gasteiger partial charge >= 0.3 is 0 Å². The highest BCUT2D eigenvalue weighted by molar-refractivity contribution is 7.90. The lowest BCUT2D eigenvalue weighted by atomic mass is 9.91. The SMILES string of the molecule is C/C(=N\S(=O)(=O)c1ccc(F)cc1)N1CC(c2ccccc2)C(c2ccc(Cl)cc2)=N1. The molecule has 0 fully saturated rings. The van der Waals surface area contributed by atoms with Gasteiger partial charge in [0.25, 0.3) is 10.0 Å². The van der Waals surface area contributed by atoms with Crippen LogP contribution in [-0.4, -0.2) is 31.5 Å². The van der Waals surface area contributed by atoms with E-state index in [0.717, 1.165) is 29.0 Å². The van der Waals surface area contributed by atoms with Gasteiger partial charge in [0, 0.05) is 10.9 Å². The van der Waals surface area contributed by atoms with E-state index in [0.29, 0.717) is 11.6 Å².